The third-order valence-electron chi connectivity index (χ3n) is 6.46. The zero-order chi connectivity index (χ0) is 16.8. The Morgan fingerprint density at radius 3 is 2.36 bits per heavy atom. The molecule has 0 unspecified atom stereocenters. The fourth-order valence-corrected chi connectivity index (χ4v) is 5.78. The third-order valence-corrected chi connectivity index (χ3v) is 11.0. The van der Waals surface area contributed by atoms with E-state index in [1.165, 1.54) is 37.7 Å². The third kappa shape index (κ3) is 3.16. The Morgan fingerprint density at radius 1 is 1.23 bits per heavy atom. The molecule has 0 bridgehead atoms. The summed E-state index contributed by atoms with van der Waals surface area (Å²) in [6, 6.07) is 0. The maximum absolute atomic E-state index is 7.02. The Morgan fingerprint density at radius 2 is 1.86 bits per heavy atom. The van der Waals surface area contributed by atoms with Gasteiger partial charge in [0.15, 0.2) is 8.32 Å². The molecule has 0 saturated heterocycles. The standard InChI is InChI=1S/C20H36OSi/c1-16(2)12-14-20(21-22(7,8)18(3,4)5)15-19(6)13-10-9-11-17(19)20/h14,17H,9-11,13,15H2,1-8H3/t17-,19-,20+/m0/s1. The molecule has 126 valence electrons. The SMILES string of the molecule is CC(C)=C=C[C@@]1(O[Si](C)(C)C(C)(C)C)C[C@]2(C)CCCC[C@@H]21. The van der Waals surface area contributed by atoms with Gasteiger partial charge in [-0.3, -0.25) is 0 Å². The van der Waals surface area contributed by atoms with E-state index in [-0.39, 0.29) is 10.6 Å². The molecule has 0 aliphatic heterocycles. The summed E-state index contributed by atoms with van der Waals surface area (Å²) in [6.45, 7) is 18.6. The van der Waals surface area contributed by atoms with Crippen LogP contribution in [-0.2, 0) is 4.43 Å². The van der Waals surface area contributed by atoms with Crippen molar-refractivity contribution in [3.63, 3.8) is 0 Å². The monoisotopic (exact) mass is 320 g/mol. The molecule has 0 spiro atoms. The van der Waals surface area contributed by atoms with Gasteiger partial charge in [-0.2, -0.15) is 0 Å². The second kappa shape index (κ2) is 5.65. The molecule has 3 atom stereocenters. The van der Waals surface area contributed by atoms with Crippen molar-refractivity contribution >= 4 is 8.32 Å². The highest BCUT2D eigenvalue weighted by Crippen LogP contribution is 2.64. The van der Waals surface area contributed by atoms with Gasteiger partial charge in [-0.25, -0.2) is 0 Å². The van der Waals surface area contributed by atoms with Crippen LogP contribution in [-0.4, -0.2) is 13.9 Å². The smallest absolute Gasteiger partial charge is 0.193 e. The van der Waals surface area contributed by atoms with Crippen LogP contribution in [0.3, 0.4) is 0 Å². The predicted molar refractivity (Wildman–Crippen MR) is 98.6 cm³/mol. The molecule has 2 aliphatic rings. The van der Waals surface area contributed by atoms with Gasteiger partial charge < -0.3 is 4.43 Å². The summed E-state index contributed by atoms with van der Waals surface area (Å²) in [4.78, 5) is 0. The van der Waals surface area contributed by atoms with E-state index < -0.39 is 8.32 Å². The maximum atomic E-state index is 7.02. The van der Waals surface area contributed by atoms with Crippen LogP contribution in [0.5, 0.6) is 0 Å². The normalized spacial score (nSPS) is 35.2. The van der Waals surface area contributed by atoms with Crippen LogP contribution in [0.25, 0.3) is 0 Å². The molecule has 0 amide bonds. The summed E-state index contributed by atoms with van der Waals surface area (Å²) < 4.78 is 7.02. The van der Waals surface area contributed by atoms with Crippen LogP contribution in [0, 0.1) is 11.3 Å². The lowest BCUT2D eigenvalue weighted by Crippen LogP contribution is -2.65. The van der Waals surface area contributed by atoms with E-state index in [2.05, 4.69) is 66.4 Å². The first-order valence-electron chi connectivity index (χ1n) is 9.03. The van der Waals surface area contributed by atoms with Gasteiger partial charge in [0, 0.05) is 0 Å². The molecule has 1 nitrogen and oxygen atoms in total. The van der Waals surface area contributed by atoms with Crippen molar-refractivity contribution in [3.8, 4) is 0 Å². The fourth-order valence-electron chi connectivity index (χ4n) is 4.25. The quantitative estimate of drug-likeness (QED) is 0.428. The summed E-state index contributed by atoms with van der Waals surface area (Å²) >= 11 is 0. The van der Waals surface area contributed by atoms with Crippen molar-refractivity contribution in [2.45, 2.75) is 97.4 Å². The molecule has 0 radical (unpaired) electrons. The lowest BCUT2D eigenvalue weighted by Gasteiger charge is -2.65. The summed E-state index contributed by atoms with van der Waals surface area (Å²) in [7, 11) is -1.77. The second-order valence-corrected chi connectivity index (χ2v) is 14.5. The van der Waals surface area contributed by atoms with E-state index in [9.17, 15) is 0 Å². The predicted octanol–water partition coefficient (Wildman–Crippen LogP) is 6.47. The first-order chi connectivity index (χ1) is 9.92. The molecule has 2 aliphatic carbocycles. The topological polar surface area (TPSA) is 9.23 Å². The molecule has 0 aromatic heterocycles. The minimum Gasteiger partial charge on any atom is -0.407 e. The van der Waals surface area contributed by atoms with Crippen molar-refractivity contribution in [1.82, 2.24) is 0 Å². The molecule has 2 fully saturated rings. The van der Waals surface area contributed by atoms with Gasteiger partial charge in [-0.1, -0.05) is 40.5 Å². The van der Waals surface area contributed by atoms with Gasteiger partial charge in [-0.15, -0.1) is 5.73 Å². The zero-order valence-corrected chi connectivity index (χ0v) is 17.1. The Balaban J connectivity index is 2.36. The molecular formula is C20H36OSi. The van der Waals surface area contributed by atoms with Crippen LogP contribution in [0.1, 0.15) is 73.6 Å². The molecule has 0 aromatic carbocycles. The van der Waals surface area contributed by atoms with Crippen molar-refractivity contribution in [1.29, 1.82) is 0 Å². The molecule has 22 heavy (non-hydrogen) atoms. The minimum absolute atomic E-state index is 0.0462. The van der Waals surface area contributed by atoms with Gasteiger partial charge in [0.25, 0.3) is 0 Å². The molecule has 2 heteroatoms. The number of fused-ring (bicyclic) bond motifs is 1. The van der Waals surface area contributed by atoms with Gasteiger partial charge in [0.2, 0.25) is 0 Å². The van der Waals surface area contributed by atoms with Crippen LogP contribution in [0.2, 0.25) is 18.1 Å². The van der Waals surface area contributed by atoms with Gasteiger partial charge in [0.05, 0.1) is 5.60 Å². The number of hydrogen-bond acceptors (Lipinski definition) is 1. The highest BCUT2D eigenvalue weighted by atomic mass is 28.4. The van der Waals surface area contributed by atoms with Crippen molar-refractivity contribution in [2.75, 3.05) is 0 Å². The first kappa shape index (κ1) is 18.0. The van der Waals surface area contributed by atoms with E-state index >= 15 is 0 Å². The van der Waals surface area contributed by atoms with Crippen molar-refractivity contribution < 1.29 is 4.43 Å². The Kier molecular flexibility index (Phi) is 4.63. The summed E-state index contributed by atoms with van der Waals surface area (Å²) in [5.74, 6) is 0.690. The summed E-state index contributed by atoms with van der Waals surface area (Å²) in [5, 5.41) is 0.263. The highest BCUT2D eigenvalue weighted by Gasteiger charge is 2.62. The minimum atomic E-state index is -1.77. The van der Waals surface area contributed by atoms with Crippen LogP contribution in [0.15, 0.2) is 17.4 Å². The molecule has 0 aromatic rings. The second-order valence-electron chi connectivity index (χ2n) is 9.74. The van der Waals surface area contributed by atoms with E-state index in [1.807, 2.05) is 0 Å². The molecule has 2 saturated carbocycles. The van der Waals surface area contributed by atoms with Gasteiger partial charge >= 0.3 is 0 Å². The molecule has 0 N–H and O–H groups in total. The van der Waals surface area contributed by atoms with Crippen molar-refractivity contribution in [3.05, 3.63) is 17.4 Å². The lowest BCUT2D eigenvalue weighted by molar-refractivity contribution is -0.165. The molecule has 0 heterocycles. The Bertz CT molecular complexity index is 488. The summed E-state index contributed by atoms with van der Waals surface area (Å²) in [6.07, 6.45) is 8.97. The van der Waals surface area contributed by atoms with Crippen molar-refractivity contribution in [2.24, 2.45) is 11.3 Å². The van der Waals surface area contributed by atoms with E-state index in [0.717, 1.165) is 0 Å². The van der Waals surface area contributed by atoms with Gasteiger partial charge in [0.1, 0.15) is 0 Å². The number of hydrogen-bond donors (Lipinski definition) is 0. The van der Waals surface area contributed by atoms with E-state index in [1.54, 1.807) is 0 Å². The Labute approximate surface area is 139 Å². The average molecular weight is 321 g/mol. The molecule has 2 rings (SSSR count). The largest absolute Gasteiger partial charge is 0.407 e. The number of rotatable bonds is 3. The van der Waals surface area contributed by atoms with E-state index in [0.29, 0.717) is 11.3 Å². The fraction of sp³-hybridized carbons (Fsp3) is 0.850. The van der Waals surface area contributed by atoms with Crippen LogP contribution >= 0.6 is 0 Å². The summed E-state index contributed by atoms with van der Waals surface area (Å²) in [5.41, 5.74) is 5.21. The maximum Gasteiger partial charge on any atom is 0.193 e. The van der Waals surface area contributed by atoms with Gasteiger partial charge in [-0.05, 0) is 74.2 Å². The Hall–Kier alpha value is -0.303. The first-order valence-corrected chi connectivity index (χ1v) is 11.9. The average Bonchev–Trinajstić information content (AvgIpc) is 2.33. The molecular weight excluding hydrogens is 284 g/mol. The van der Waals surface area contributed by atoms with Crippen LogP contribution in [0.4, 0.5) is 0 Å². The van der Waals surface area contributed by atoms with E-state index in [4.69, 9.17) is 4.43 Å². The highest BCUT2D eigenvalue weighted by molar-refractivity contribution is 6.74. The zero-order valence-electron chi connectivity index (χ0n) is 16.1. The lowest BCUT2D eigenvalue weighted by atomic mass is 9.47. The van der Waals surface area contributed by atoms with Crippen LogP contribution < -0.4 is 0 Å².